The summed E-state index contributed by atoms with van der Waals surface area (Å²) in [5.41, 5.74) is 3.98. The predicted molar refractivity (Wildman–Crippen MR) is 81.1 cm³/mol. The molecule has 1 aromatic carbocycles. The molecule has 1 aliphatic rings. The highest BCUT2D eigenvalue weighted by Crippen LogP contribution is 2.33. The van der Waals surface area contributed by atoms with Gasteiger partial charge in [0.1, 0.15) is 4.64 Å². The van der Waals surface area contributed by atoms with Crippen molar-refractivity contribution in [2.45, 2.75) is 45.1 Å². The van der Waals surface area contributed by atoms with E-state index in [1.807, 2.05) is 0 Å². The van der Waals surface area contributed by atoms with Crippen LogP contribution >= 0.6 is 12.2 Å². The molecule has 0 aliphatic heterocycles. The third-order valence-electron chi connectivity index (χ3n) is 4.19. The zero-order valence-electron chi connectivity index (χ0n) is 11.4. The lowest BCUT2D eigenvalue weighted by Crippen LogP contribution is -2.04. The largest absolute Gasteiger partial charge is 0.301 e. The van der Waals surface area contributed by atoms with E-state index in [1.54, 1.807) is 0 Å². The molecule has 0 amide bonds. The Labute approximate surface area is 119 Å². The zero-order chi connectivity index (χ0) is 13.2. The lowest BCUT2D eigenvalue weighted by molar-refractivity contribution is 0.623. The second-order valence-electron chi connectivity index (χ2n) is 5.54. The van der Waals surface area contributed by atoms with Crippen molar-refractivity contribution in [2.24, 2.45) is 0 Å². The summed E-state index contributed by atoms with van der Waals surface area (Å²) < 4.78 is 3.02. The third kappa shape index (κ3) is 2.66. The number of nitrogens with zero attached hydrogens (tertiary/aromatic N) is 1. The van der Waals surface area contributed by atoms with E-state index in [4.69, 9.17) is 12.2 Å². The third-order valence-corrected chi connectivity index (χ3v) is 4.53. The SMILES string of the molecule is Cc1ccccc1Cn1[nH]c(C2CCCC2)cc1=S. The van der Waals surface area contributed by atoms with Gasteiger partial charge in [-0.25, -0.2) is 0 Å². The molecule has 19 heavy (non-hydrogen) atoms. The highest BCUT2D eigenvalue weighted by Gasteiger charge is 2.19. The normalized spacial score (nSPS) is 16.1. The van der Waals surface area contributed by atoms with Gasteiger partial charge in [0.25, 0.3) is 0 Å². The Hall–Kier alpha value is -1.35. The number of aromatic nitrogens is 2. The number of rotatable bonds is 3. The van der Waals surface area contributed by atoms with Crippen LogP contribution in [0.1, 0.15) is 48.4 Å². The molecule has 0 saturated heterocycles. The minimum Gasteiger partial charge on any atom is -0.301 e. The van der Waals surface area contributed by atoms with E-state index in [0.29, 0.717) is 5.92 Å². The summed E-state index contributed by atoms with van der Waals surface area (Å²) in [6, 6.07) is 10.7. The summed E-state index contributed by atoms with van der Waals surface area (Å²) in [6.45, 7) is 3.00. The van der Waals surface area contributed by atoms with Gasteiger partial charge in [-0.2, -0.15) is 0 Å². The van der Waals surface area contributed by atoms with Crippen molar-refractivity contribution in [2.75, 3.05) is 0 Å². The maximum absolute atomic E-state index is 5.48. The van der Waals surface area contributed by atoms with Crippen LogP contribution < -0.4 is 0 Å². The summed E-state index contributed by atoms with van der Waals surface area (Å²) >= 11 is 5.48. The van der Waals surface area contributed by atoms with E-state index in [0.717, 1.165) is 11.2 Å². The van der Waals surface area contributed by atoms with Gasteiger partial charge in [0.15, 0.2) is 0 Å². The van der Waals surface area contributed by atoms with Gasteiger partial charge in [-0.1, -0.05) is 49.3 Å². The van der Waals surface area contributed by atoms with Crippen molar-refractivity contribution >= 4 is 12.2 Å². The van der Waals surface area contributed by atoms with Gasteiger partial charge in [0, 0.05) is 11.6 Å². The highest BCUT2D eigenvalue weighted by molar-refractivity contribution is 7.71. The van der Waals surface area contributed by atoms with Crippen molar-refractivity contribution in [1.29, 1.82) is 0 Å². The summed E-state index contributed by atoms with van der Waals surface area (Å²) in [7, 11) is 0. The zero-order valence-corrected chi connectivity index (χ0v) is 12.2. The minimum atomic E-state index is 0.694. The monoisotopic (exact) mass is 272 g/mol. The van der Waals surface area contributed by atoms with Crippen LogP contribution in [0, 0.1) is 11.6 Å². The minimum absolute atomic E-state index is 0.694. The summed E-state index contributed by atoms with van der Waals surface area (Å²) in [6.07, 6.45) is 5.32. The smallest absolute Gasteiger partial charge is 0.122 e. The molecule has 1 fully saturated rings. The molecule has 0 spiro atoms. The second kappa shape index (κ2) is 5.33. The van der Waals surface area contributed by atoms with Crippen LogP contribution in [-0.4, -0.2) is 9.78 Å². The van der Waals surface area contributed by atoms with Crippen molar-refractivity contribution in [3.05, 3.63) is 51.8 Å². The molecule has 0 radical (unpaired) electrons. The van der Waals surface area contributed by atoms with E-state index in [2.05, 4.69) is 47.0 Å². The summed E-state index contributed by atoms with van der Waals surface area (Å²) in [5, 5.41) is 3.51. The first kappa shape index (κ1) is 12.7. The number of hydrogen-bond donors (Lipinski definition) is 1. The number of benzene rings is 1. The van der Waals surface area contributed by atoms with Crippen LogP contribution in [0.3, 0.4) is 0 Å². The van der Waals surface area contributed by atoms with Gasteiger partial charge in [0.2, 0.25) is 0 Å². The van der Waals surface area contributed by atoms with Crippen LogP contribution in [0.2, 0.25) is 0 Å². The first-order valence-electron chi connectivity index (χ1n) is 7.08. The Morgan fingerprint density at radius 1 is 1.26 bits per heavy atom. The van der Waals surface area contributed by atoms with Crippen molar-refractivity contribution in [1.82, 2.24) is 9.78 Å². The van der Waals surface area contributed by atoms with Gasteiger partial charge < -0.3 is 5.10 Å². The Bertz CT molecular complexity index is 618. The van der Waals surface area contributed by atoms with Crippen LogP contribution in [0.25, 0.3) is 0 Å². The molecule has 0 bridgehead atoms. The maximum atomic E-state index is 5.48. The van der Waals surface area contributed by atoms with Gasteiger partial charge >= 0.3 is 0 Å². The molecule has 0 unspecified atom stereocenters. The topological polar surface area (TPSA) is 20.7 Å². The van der Waals surface area contributed by atoms with Gasteiger partial charge in [-0.15, -0.1) is 0 Å². The molecule has 1 heterocycles. The predicted octanol–water partition coefficient (Wildman–Crippen LogP) is 4.56. The molecule has 2 nitrogen and oxygen atoms in total. The standard InChI is InChI=1S/C16H20N2S/c1-12-6-2-3-9-14(12)11-18-16(19)10-15(17-18)13-7-4-5-8-13/h2-3,6,9-10,13,17H,4-5,7-8,11H2,1H3. The molecular formula is C16H20N2S. The van der Waals surface area contributed by atoms with Crippen molar-refractivity contribution in [3.63, 3.8) is 0 Å². The van der Waals surface area contributed by atoms with Crippen LogP contribution in [-0.2, 0) is 6.54 Å². The second-order valence-corrected chi connectivity index (χ2v) is 5.96. The van der Waals surface area contributed by atoms with Crippen molar-refractivity contribution in [3.8, 4) is 0 Å². The fourth-order valence-electron chi connectivity index (χ4n) is 2.98. The van der Waals surface area contributed by atoms with E-state index >= 15 is 0 Å². The lowest BCUT2D eigenvalue weighted by atomic mass is 10.1. The Balaban J connectivity index is 1.85. The maximum Gasteiger partial charge on any atom is 0.122 e. The first-order valence-corrected chi connectivity index (χ1v) is 7.49. The molecule has 1 aromatic heterocycles. The first-order chi connectivity index (χ1) is 9.24. The summed E-state index contributed by atoms with van der Waals surface area (Å²) in [5.74, 6) is 0.694. The van der Waals surface area contributed by atoms with E-state index < -0.39 is 0 Å². The van der Waals surface area contributed by atoms with Gasteiger partial charge in [0.05, 0.1) is 6.54 Å². The molecule has 3 rings (SSSR count). The fraction of sp³-hybridized carbons (Fsp3) is 0.438. The fourth-order valence-corrected chi connectivity index (χ4v) is 3.21. The molecule has 1 N–H and O–H groups in total. The number of aryl methyl sites for hydroxylation is 1. The molecule has 1 aliphatic carbocycles. The van der Waals surface area contributed by atoms with Gasteiger partial charge in [-0.05, 0) is 37.0 Å². The van der Waals surface area contributed by atoms with E-state index in [-0.39, 0.29) is 0 Å². The van der Waals surface area contributed by atoms with Gasteiger partial charge in [-0.3, -0.25) is 4.68 Å². The molecule has 2 aromatic rings. The quantitative estimate of drug-likeness (QED) is 0.812. The molecule has 100 valence electrons. The van der Waals surface area contributed by atoms with Crippen molar-refractivity contribution < 1.29 is 0 Å². The van der Waals surface area contributed by atoms with Crippen LogP contribution in [0.5, 0.6) is 0 Å². The van der Waals surface area contributed by atoms with Crippen LogP contribution in [0.15, 0.2) is 30.3 Å². The highest BCUT2D eigenvalue weighted by atomic mass is 32.1. The van der Waals surface area contributed by atoms with Crippen LogP contribution in [0.4, 0.5) is 0 Å². The molecule has 0 atom stereocenters. The lowest BCUT2D eigenvalue weighted by Gasteiger charge is -2.08. The summed E-state index contributed by atoms with van der Waals surface area (Å²) in [4.78, 5) is 0. The molecule has 3 heteroatoms. The Kier molecular flexibility index (Phi) is 3.56. The number of hydrogen-bond acceptors (Lipinski definition) is 1. The Morgan fingerprint density at radius 3 is 2.74 bits per heavy atom. The number of aromatic amines is 1. The molecule has 1 saturated carbocycles. The number of H-pyrrole nitrogens is 1. The Morgan fingerprint density at radius 2 is 2.00 bits per heavy atom. The van der Waals surface area contributed by atoms with E-state index in [1.165, 1.54) is 42.5 Å². The van der Waals surface area contributed by atoms with E-state index in [9.17, 15) is 0 Å². The average molecular weight is 272 g/mol. The average Bonchev–Trinajstić information content (AvgIpc) is 3.02. The number of nitrogens with one attached hydrogen (secondary N) is 1. The molecular weight excluding hydrogens is 252 g/mol.